The molecule has 3 N–H and O–H groups in total. The fraction of sp³-hybridized carbons (Fsp3) is 0.167. The molecule has 0 aromatic heterocycles. The molecule has 0 bridgehead atoms. The first-order valence-corrected chi connectivity index (χ1v) is 8.97. The molecule has 7 heteroatoms. The minimum Gasteiger partial charge on any atom is -0.352 e. The number of carbonyl (C=O) groups is 2. The van der Waals surface area contributed by atoms with E-state index in [0.29, 0.717) is 27.8 Å². The van der Waals surface area contributed by atoms with Crippen molar-refractivity contribution in [1.82, 2.24) is 10.6 Å². The van der Waals surface area contributed by atoms with E-state index >= 15 is 0 Å². The van der Waals surface area contributed by atoms with Gasteiger partial charge in [0.2, 0.25) is 0 Å². The van der Waals surface area contributed by atoms with Crippen LogP contribution in [0.15, 0.2) is 53.0 Å². The Morgan fingerprint density at radius 3 is 2.32 bits per heavy atom. The minimum atomic E-state index is -0.335. The van der Waals surface area contributed by atoms with E-state index < -0.39 is 0 Å². The van der Waals surface area contributed by atoms with E-state index in [1.807, 2.05) is 13.0 Å². The number of halogens is 1. The van der Waals surface area contributed by atoms with Crippen LogP contribution in [0.25, 0.3) is 0 Å². The molecule has 2 amide bonds. The fourth-order valence-electron chi connectivity index (χ4n) is 2.09. The first kappa shape index (κ1) is 19.1. The molecule has 5 nitrogen and oxygen atoms in total. The molecule has 130 valence electrons. The Labute approximate surface area is 160 Å². The lowest BCUT2D eigenvalue weighted by Crippen LogP contribution is -2.35. The molecule has 0 aliphatic rings. The number of hydrogen-bond donors (Lipinski definition) is 3. The van der Waals surface area contributed by atoms with Gasteiger partial charge in [-0.15, -0.1) is 0 Å². The molecule has 0 fully saturated rings. The standard InChI is InChI=1S/C18H18BrN3O2S/c1-2-11-20-16(23)13-8-4-6-10-15(13)21-18(25)22-17(24)12-7-3-5-9-14(12)19/h3-10H,2,11H2,1H3,(H,20,23)(H2,21,22,24,25). The SMILES string of the molecule is CCCNC(=O)c1ccccc1NC(=S)NC(=O)c1ccccc1Br. The Morgan fingerprint density at radius 2 is 1.64 bits per heavy atom. The number of rotatable bonds is 5. The summed E-state index contributed by atoms with van der Waals surface area (Å²) in [6.45, 7) is 2.58. The van der Waals surface area contributed by atoms with Crippen LogP contribution >= 0.6 is 28.1 Å². The molecule has 0 aliphatic carbocycles. The van der Waals surface area contributed by atoms with Crippen molar-refractivity contribution in [2.45, 2.75) is 13.3 Å². The molecule has 0 saturated carbocycles. The quantitative estimate of drug-likeness (QED) is 0.645. The monoisotopic (exact) mass is 419 g/mol. The third-order valence-corrected chi connectivity index (χ3v) is 4.20. The van der Waals surface area contributed by atoms with Gasteiger partial charge < -0.3 is 10.6 Å². The lowest BCUT2D eigenvalue weighted by atomic mass is 10.1. The highest BCUT2D eigenvalue weighted by Crippen LogP contribution is 2.17. The predicted octanol–water partition coefficient (Wildman–Crippen LogP) is 3.72. The van der Waals surface area contributed by atoms with Crippen LogP contribution in [0.1, 0.15) is 34.1 Å². The summed E-state index contributed by atoms with van der Waals surface area (Å²) in [5, 5.41) is 8.47. The molecule has 2 rings (SSSR count). The van der Waals surface area contributed by atoms with Gasteiger partial charge in [0.1, 0.15) is 0 Å². The summed E-state index contributed by atoms with van der Waals surface area (Å²) in [6, 6.07) is 14.0. The van der Waals surface area contributed by atoms with Gasteiger partial charge in [0, 0.05) is 11.0 Å². The number of benzene rings is 2. The third-order valence-electron chi connectivity index (χ3n) is 3.30. The molecule has 0 saturated heterocycles. The molecular weight excluding hydrogens is 402 g/mol. The second kappa shape index (κ2) is 9.29. The van der Waals surface area contributed by atoms with Crippen molar-refractivity contribution in [2.75, 3.05) is 11.9 Å². The van der Waals surface area contributed by atoms with E-state index in [0.717, 1.165) is 6.42 Å². The lowest BCUT2D eigenvalue weighted by Gasteiger charge is -2.13. The van der Waals surface area contributed by atoms with Crippen LogP contribution in [0.4, 0.5) is 5.69 Å². The summed E-state index contributed by atoms with van der Waals surface area (Å²) < 4.78 is 0.676. The van der Waals surface area contributed by atoms with Gasteiger partial charge in [-0.3, -0.25) is 14.9 Å². The topological polar surface area (TPSA) is 70.2 Å². The zero-order valence-electron chi connectivity index (χ0n) is 13.6. The van der Waals surface area contributed by atoms with Crippen LogP contribution in [-0.2, 0) is 0 Å². The number of para-hydroxylation sites is 1. The van der Waals surface area contributed by atoms with Crippen molar-refractivity contribution in [3.8, 4) is 0 Å². The zero-order chi connectivity index (χ0) is 18.2. The minimum absolute atomic E-state index is 0.122. The normalized spacial score (nSPS) is 10.0. The zero-order valence-corrected chi connectivity index (χ0v) is 16.0. The van der Waals surface area contributed by atoms with Crippen LogP contribution in [0.3, 0.4) is 0 Å². The highest BCUT2D eigenvalue weighted by molar-refractivity contribution is 9.10. The van der Waals surface area contributed by atoms with Crippen molar-refractivity contribution < 1.29 is 9.59 Å². The number of carbonyl (C=O) groups excluding carboxylic acids is 2. The van der Waals surface area contributed by atoms with Gasteiger partial charge in [-0.25, -0.2) is 0 Å². The largest absolute Gasteiger partial charge is 0.352 e. The maximum atomic E-state index is 12.3. The molecule has 25 heavy (non-hydrogen) atoms. The second-order valence-corrected chi connectivity index (χ2v) is 6.45. The molecule has 0 radical (unpaired) electrons. The Morgan fingerprint density at radius 1 is 1.00 bits per heavy atom. The summed E-state index contributed by atoms with van der Waals surface area (Å²) in [5.41, 5.74) is 1.47. The summed E-state index contributed by atoms with van der Waals surface area (Å²) >= 11 is 8.53. The summed E-state index contributed by atoms with van der Waals surface area (Å²) in [7, 11) is 0. The number of thiocarbonyl (C=S) groups is 1. The van der Waals surface area contributed by atoms with E-state index in [2.05, 4.69) is 31.9 Å². The molecule has 2 aromatic rings. The van der Waals surface area contributed by atoms with Crippen molar-refractivity contribution in [3.63, 3.8) is 0 Å². The van der Waals surface area contributed by atoms with Gasteiger partial charge in [-0.1, -0.05) is 31.2 Å². The Bertz CT molecular complexity index is 795. The number of hydrogen-bond acceptors (Lipinski definition) is 3. The van der Waals surface area contributed by atoms with Gasteiger partial charge in [0.05, 0.1) is 16.8 Å². The Balaban J connectivity index is 2.07. The van der Waals surface area contributed by atoms with Gasteiger partial charge >= 0.3 is 0 Å². The molecule has 0 unspecified atom stereocenters. The maximum absolute atomic E-state index is 12.3. The fourth-order valence-corrected chi connectivity index (χ4v) is 2.76. The molecule has 0 aliphatic heterocycles. The number of anilines is 1. The van der Waals surface area contributed by atoms with Crippen LogP contribution in [0.5, 0.6) is 0 Å². The van der Waals surface area contributed by atoms with Gasteiger partial charge in [0.15, 0.2) is 5.11 Å². The van der Waals surface area contributed by atoms with E-state index in [4.69, 9.17) is 12.2 Å². The highest BCUT2D eigenvalue weighted by atomic mass is 79.9. The molecule has 0 spiro atoms. The second-order valence-electron chi connectivity index (χ2n) is 5.19. The number of amides is 2. The van der Waals surface area contributed by atoms with Gasteiger partial charge in [-0.05, 0) is 58.8 Å². The van der Waals surface area contributed by atoms with Crippen molar-refractivity contribution in [3.05, 3.63) is 64.1 Å². The Hall–Kier alpha value is -2.25. The van der Waals surface area contributed by atoms with Crippen molar-refractivity contribution in [2.24, 2.45) is 0 Å². The lowest BCUT2D eigenvalue weighted by molar-refractivity contribution is 0.0952. The summed E-state index contributed by atoms with van der Waals surface area (Å²) in [4.78, 5) is 24.5. The average molecular weight is 420 g/mol. The first-order valence-electron chi connectivity index (χ1n) is 7.77. The van der Waals surface area contributed by atoms with Crippen LogP contribution in [0, 0.1) is 0 Å². The average Bonchev–Trinajstić information content (AvgIpc) is 2.60. The molecule has 0 heterocycles. The predicted molar refractivity (Wildman–Crippen MR) is 107 cm³/mol. The van der Waals surface area contributed by atoms with Crippen LogP contribution in [-0.4, -0.2) is 23.5 Å². The highest BCUT2D eigenvalue weighted by Gasteiger charge is 2.14. The molecule has 2 aromatic carbocycles. The summed E-state index contributed by atoms with van der Waals surface area (Å²) in [6.07, 6.45) is 0.849. The van der Waals surface area contributed by atoms with Crippen LogP contribution < -0.4 is 16.0 Å². The van der Waals surface area contributed by atoms with Crippen molar-refractivity contribution in [1.29, 1.82) is 0 Å². The molecular formula is C18H18BrN3O2S. The summed E-state index contributed by atoms with van der Waals surface area (Å²) in [5.74, 6) is -0.525. The first-order chi connectivity index (χ1) is 12.0. The van der Waals surface area contributed by atoms with E-state index in [1.165, 1.54) is 0 Å². The van der Waals surface area contributed by atoms with Crippen molar-refractivity contribution >= 4 is 50.8 Å². The third kappa shape index (κ3) is 5.37. The Kier molecular flexibility index (Phi) is 7.09. The number of nitrogens with one attached hydrogen (secondary N) is 3. The van der Waals surface area contributed by atoms with E-state index in [9.17, 15) is 9.59 Å². The van der Waals surface area contributed by atoms with Crippen LogP contribution in [0.2, 0.25) is 0 Å². The van der Waals surface area contributed by atoms with Gasteiger partial charge in [0.25, 0.3) is 11.8 Å². The maximum Gasteiger partial charge on any atom is 0.258 e. The van der Waals surface area contributed by atoms with E-state index in [-0.39, 0.29) is 16.9 Å². The molecule has 0 atom stereocenters. The van der Waals surface area contributed by atoms with Gasteiger partial charge in [-0.2, -0.15) is 0 Å². The van der Waals surface area contributed by atoms with E-state index in [1.54, 1.807) is 42.5 Å². The smallest absolute Gasteiger partial charge is 0.258 e.